The SMILES string of the molecule is CC(Nc1cc(Cl)ncn1)c1ccc(F)c(Cl)c1. The van der Waals surface area contributed by atoms with Crippen LogP contribution < -0.4 is 5.32 Å². The molecule has 0 spiro atoms. The van der Waals surface area contributed by atoms with Crippen molar-refractivity contribution in [3.8, 4) is 0 Å². The summed E-state index contributed by atoms with van der Waals surface area (Å²) in [6.45, 7) is 1.92. The van der Waals surface area contributed by atoms with E-state index >= 15 is 0 Å². The van der Waals surface area contributed by atoms with Crippen molar-refractivity contribution >= 4 is 29.0 Å². The standard InChI is InChI=1S/C12H10Cl2FN3/c1-7(8-2-3-10(15)9(13)4-8)18-12-5-11(14)16-6-17-12/h2-7H,1H3,(H,16,17,18). The molecule has 1 aromatic carbocycles. The average molecular weight is 286 g/mol. The summed E-state index contributed by atoms with van der Waals surface area (Å²) in [7, 11) is 0. The van der Waals surface area contributed by atoms with E-state index < -0.39 is 5.82 Å². The molecule has 18 heavy (non-hydrogen) atoms. The van der Waals surface area contributed by atoms with E-state index in [0.29, 0.717) is 11.0 Å². The van der Waals surface area contributed by atoms with Crippen molar-refractivity contribution in [2.24, 2.45) is 0 Å². The van der Waals surface area contributed by atoms with E-state index in [9.17, 15) is 4.39 Å². The Bertz CT molecular complexity index is 563. The van der Waals surface area contributed by atoms with Crippen LogP contribution in [0.15, 0.2) is 30.6 Å². The smallest absolute Gasteiger partial charge is 0.141 e. The molecule has 0 amide bonds. The minimum Gasteiger partial charge on any atom is -0.363 e. The van der Waals surface area contributed by atoms with Gasteiger partial charge in [0.1, 0.15) is 23.1 Å². The molecule has 6 heteroatoms. The number of anilines is 1. The Balaban J connectivity index is 2.16. The van der Waals surface area contributed by atoms with Crippen LogP contribution in [0.2, 0.25) is 10.2 Å². The number of rotatable bonds is 3. The first kappa shape index (κ1) is 13.1. The van der Waals surface area contributed by atoms with Gasteiger partial charge in [0, 0.05) is 12.1 Å². The Labute approximate surface area is 114 Å². The lowest BCUT2D eigenvalue weighted by Crippen LogP contribution is -2.08. The van der Waals surface area contributed by atoms with Crippen molar-refractivity contribution < 1.29 is 4.39 Å². The van der Waals surface area contributed by atoms with Crippen LogP contribution in [-0.4, -0.2) is 9.97 Å². The zero-order chi connectivity index (χ0) is 13.1. The maximum atomic E-state index is 13.1. The second-order valence-corrected chi connectivity index (χ2v) is 4.56. The largest absolute Gasteiger partial charge is 0.363 e. The maximum Gasteiger partial charge on any atom is 0.141 e. The molecule has 0 bridgehead atoms. The molecule has 0 aliphatic carbocycles. The van der Waals surface area contributed by atoms with Gasteiger partial charge in [-0.3, -0.25) is 0 Å². The summed E-state index contributed by atoms with van der Waals surface area (Å²) in [6.07, 6.45) is 1.37. The molecule has 0 aliphatic rings. The average Bonchev–Trinajstić information content (AvgIpc) is 2.32. The first-order valence-corrected chi connectivity index (χ1v) is 6.01. The fourth-order valence-electron chi connectivity index (χ4n) is 1.50. The second kappa shape index (κ2) is 5.50. The van der Waals surface area contributed by atoms with Gasteiger partial charge in [-0.25, -0.2) is 14.4 Å². The molecule has 1 heterocycles. The molecule has 1 N–H and O–H groups in total. The summed E-state index contributed by atoms with van der Waals surface area (Å²) < 4.78 is 13.1. The van der Waals surface area contributed by atoms with Crippen LogP contribution in [0, 0.1) is 5.82 Å². The highest BCUT2D eigenvalue weighted by Crippen LogP contribution is 2.23. The fourth-order valence-corrected chi connectivity index (χ4v) is 1.84. The molecule has 0 radical (unpaired) electrons. The van der Waals surface area contributed by atoms with Crippen LogP contribution in [0.25, 0.3) is 0 Å². The third-order valence-electron chi connectivity index (χ3n) is 2.44. The van der Waals surface area contributed by atoms with Crippen molar-refractivity contribution in [2.45, 2.75) is 13.0 Å². The lowest BCUT2D eigenvalue weighted by Gasteiger charge is -2.15. The quantitative estimate of drug-likeness (QED) is 0.863. The van der Waals surface area contributed by atoms with Gasteiger partial charge in [0.15, 0.2) is 0 Å². The van der Waals surface area contributed by atoms with Crippen LogP contribution >= 0.6 is 23.2 Å². The molecule has 0 aliphatic heterocycles. The van der Waals surface area contributed by atoms with Gasteiger partial charge in [-0.15, -0.1) is 0 Å². The van der Waals surface area contributed by atoms with E-state index in [1.807, 2.05) is 6.92 Å². The van der Waals surface area contributed by atoms with E-state index in [1.165, 1.54) is 12.4 Å². The Kier molecular flexibility index (Phi) is 3.99. The van der Waals surface area contributed by atoms with Gasteiger partial charge >= 0.3 is 0 Å². The summed E-state index contributed by atoms with van der Waals surface area (Å²) >= 11 is 11.5. The number of hydrogen-bond acceptors (Lipinski definition) is 3. The van der Waals surface area contributed by atoms with E-state index in [4.69, 9.17) is 23.2 Å². The van der Waals surface area contributed by atoms with Gasteiger partial charge in [0.2, 0.25) is 0 Å². The van der Waals surface area contributed by atoms with Crippen LogP contribution in [0.3, 0.4) is 0 Å². The predicted octanol–water partition coefficient (Wildman–Crippen LogP) is 4.10. The normalized spacial score (nSPS) is 12.2. The fraction of sp³-hybridized carbons (Fsp3) is 0.167. The van der Waals surface area contributed by atoms with Gasteiger partial charge in [-0.2, -0.15) is 0 Å². The predicted molar refractivity (Wildman–Crippen MR) is 70.5 cm³/mol. The van der Waals surface area contributed by atoms with Crippen molar-refractivity contribution in [1.29, 1.82) is 0 Å². The summed E-state index contributed by atoms with van der Waals surface area (Å²) in [5.74, 6) is 0.167. The van der Waals surface area contributed by atoms with Gasteiger partial charge in [0.05, 0.1) is 5.02 Å². The summed E-state index contributed by atoms with van der Waals surface area (Å²) in [5, 5.41) is 3.59. The number of nitrogens with one attached hydrogen (secondary N) is 1. The molecule has 0 fully saturated rings. The minimum atomic E-state index is -0.433. The topological polar surface area (TPSA) is 37.8 Å². The number of benzene rings is 1. The molecule has 1 aromatic heterocycles. The third-order valence-corrected chi connectivity index (χ3v) is 2.94. The highest BCUT2D eigenvalue weighted by Gasteiger charge is 2.09. The van der Waals surface area contributed by atoms with Crippen LogP contribution in [0.1, 0.15) is 18.5 Å². The van der Waals surface area contributed by atoms with Gasteiger partial charge in [-0.05, 0) is 24.6 Å². The van der Waals surface area contributed by atoms with Crippen molar-refractivity contribution in [3.05, 3.63) is 52.1 Å². The molecular weight excluding hydrogens is 276 g/mol. The number of halogens is 3. The Morgan fingerprint density at radius 2 is 2.00 bits per heavy atom. The molecule has 0 saturated carbocycles. The Hall–Kier alpha value is -1.39. The molecule has 3 nitrogen and oxygen atoms in total. The van der Waals surface area contributed by atoms with E-state index in [0.717, 1.165) is 5.56 Å². The molecule has 1 atom stereocenters. The number of hydrogen-bond donors (Lipinski definition) is 1. The van der Waals surface area contributed by atoms with E-state index in [-0.39, 0.29) is 11.1 Å². The van der Waals surface area contributed by atoms with E-state index in [2.05, 4.69) is 15.3 Å². The summed E-state index contributed by atoms with van der Waals surface area (Å²) in [4.78, 5) is 7.82. The van der Waals surface area contributed by atoms with E-state index in [1.54, 1.807) is 18.2 Å². The summed E-state index contributed by atoms with van der Waals surface area (Å²) in [5.41, 5.74) is 0.858. The zero-order valence-electron chi connectivity index (χ0n) is 9.49. The molecule has 1 unspecified atom stereocenters. The molecule has 94 valence electrons. The zero-order valence-corrected chi connectivity index (χ0v) is 11.0. The van der Waals surface area contributed by atoms with Crippen LogP contribution in [-0.2, 0) is 0 Å². The molecule has 0 saturated heterocycles. The highest BCUT2D eigenvalue weighted by atomic mass is 35.5. The maximum absolute atomic E-state index is 13.1. The first-order chi connectivity index (χ1) is 8.56. The van der Waals surface area contributed by atoms with Crippen molar-refractivity contribution in [3.63, 3.8) is 0 Å². The molecule has 2 rings (SSSR count). The number of aromatic nitrogens is 2. The number of nitrogens with zero attached hydrogens (tertiary/aromatic N) is 2. The Morgan fingerprint density at radius 1 is 1.22 bits per heavy atom. The van der Waals surface area contributed by atoms with Gasteiger partial charge < -0.3 is 5.32 Å². The van der Waals surface area contributed by atoms with Crippen molar-refractivity contribution in [1.82, 2.24) is 9.97 Å². The third kappa shape index (κ3) is 3.09. The van der Waals surface area contributed by atoms with Gasteiger partial charge in [0.25, 0.3) is 0 Å². The minimum absolute atomic E-state index is 0.0749. The van der Waals surface area contributed by atoms with Crippen molar-refractivity contribution in [2.75, 3.05) is 5.32 Å². The summed E-state index contributed by atoms with van der Waals surface area (Å²) in [6, 6.07) is 6.12. The van der Waals surface area contributed by atoms with Crippen LogP contribution in [0.5, 0.6) is 0 Å². The lowest BCUT2D eigenvalue weighted by molar-refractivity contribution is 0.627. The second-order valence-electron chi connectivity index (χ2n) is 3.77. The molecule has 2 aromatic rings. The van der Waals surface area contributed by atoms with Crippen LogP contribution in [0.4, 0.5) is 10.2 Å². The highest BCUT2D eigenvalue weighted by molar-refractivity contribution is 6.30. The lowest BCUT2D eigenvalue weighted by atomic mass is 10.1. The molecular formula is C12H10Cl2FN3. The van der Waals surface area contributed by atoms with Gasteiger partial charge in [-0.1, -0.05) is 29.3 Å². The monoisotopic (exact) mass is 285 g/mol. The Morgan fingerprint density at radius 3 is 2.67 bits per heavy atom. The first-order valence-electron chi connectivity index (χ1n) is 5.25.